The molecule has 3 rings (SSSR count). The second-order valence-corrected chi connectivity index (χ2v) is 10.7. The van der Waals surface area contributed by atoms with E-state index >= 15 is 0 Å². The Morgan fingerprint density at radius 3 is 2.23 bits per heavy atom. The van der Waals surface area contributed by atoms with Gasteiger partial charge in [0.05, 0.1) is 18.3 Å². The first-order chi connectivity index (χ1) is 14.2. The number of allylic oxidation sites excluding steroid dienone is 4. The van der Waals surface area contributed by atoms with Crippen molar-refractivity contribution in [1.29, 1.82) is 0 Å². The minimum absolute atomic E-state index is 0.0685. The summed E-state index contributed by atoms with van der Waals surface area (Å²) < 4.78 is 17.9. The summed E-state index contributed by atoms with van der Waals surface area (Å²) in [5.74, 6) is 0.692. The van der Waals surface area contributed by atoms with Crippen LogP contribution < -0.4 is 5.46 Å². The molecule has 0 spiro atoms. The molecule has 0 N–H and O–H groups in total. The highest BCUT2D eigenvalue weighted by Gasteiger charge is 2.51. The topological polar surface area (TPSA) is 27.7 Å². The molecule has 2 aliphatic rings. The number of hydrogen-bond acceptors (Lipinski definition) is 3. The zero-order valence-electron chi connectivity index (χ0n) is 20.5. The highest BCUT2D eigenvalue weighted by Crippen LogP contribution is 2.37. The van der Waals surface area contributed by atoms with Crippen molar-refractivity contribution in [3.05, 3.63) is 71.0 Å². The second-order valence-electron chi connectivity index (χ2n) is 10.7. The van der Waals surface area contributed by atoms with Crippen LogP contribution in [-0.4, -0.2) is 25.4 Å². The average Bonchev–Trinajstić information content (AvgIpc) is 2.90. The van der Waals surface area contributed by atoms with E-state index in [1.54, 1.807) is 7.11 Å². The number of fused-ring (bicyclic) bond motifs is 1. The fraction of sp³-hybridized carbons (Fsp3) is 0.481. The zero-order valence-corrected chi connectivity index (χ0v) is 20.5. The summed E-state index contributed by atoms with van der Waals surface area (Å²) in [4.78, 5) is 0. The van der Waals surface area contributed by atoms with Gasteiger partial charge in [0.2, 0.25) is 0 Å². The quantitative estimate of drug-likeness (QED) is 0.332. The first-order valence-corrected chi connectivity index (χ1v) is 11.1. The predicted octanol–water partition coefficient (Wildman–Crippen LogP) is 6.00. The Balaban J connectivity index is 1.85. The van der Waals surface area contributed by atoms with Gasteiger partial charge in [-0.3, -0.25) is 0 Å². The normalized spacial score (nSPS) is 20.2. The molecule has 4 heteroatoms. The third-order valence-electron chi connectivity index (χ3n) is 6.77. The van der Waals surface area contributed by atoms with Crippen LogP contribution in [0.25, 0.3) is 6.08 Å². The monoisotopic (exact) mass is 420 g/mol. The fourth-order valence-corrected chi connectivity index (χ4v) is 3.98. The Bertz CT molecular complexity index is 941. The third kappa shape index (κ3) is 4.76. The second kappa shape index (κ2) is 8.14. The van der Waals surface area contributed by atoms with E-state index in [1.165, 1.54) is 16.7 Å². The van der Waals surface area contributed by atoms with Gasteiger partial charge in [0.25, 0.3) is 0 Å². The van der Waals surface area contributed by atoms with Crippen LogP contribution >= 0.6 is 0 Å². The Hall–Kier alpha value is -2.04. The van der Waals surface area contributed by atoms with Crippen LogP contribution in [0.2, 0.25) is 0 Å². The molecular formula is C27H37BO3. The van der Waals surface area contributed by atoms with E-state index < -0.39 is 0 Å². The first-order valence-electron chi connectivity index (χ1n) is 11.1. The van der Waals surface area contributed by atoms with Crippen LogP contribution in [0.1, 0.15) is 66.0 Å². The molecule has 1 fully saturated rings. The Morgan fingerprint density at radius 2 is 1.68 bits per heavy atom. The van der Waals surface area contributed by atoms with E-state index in [9.17, 15) is 0 Å². The molecule has 1 aromatic carbocycles. The SMILES string of the molecule is C=C(/C=C(\C(=C)OC)C(C)(C)C)C1=Cc2ccc(B3OC(C)(C)C(C)(C)O3)cc2CC1. The van der Waals surface area contributed by atoms with Crippen LogP contribution in [0.3, 0.4) is 0 Å². The molecule has 3 nitrogen and oxygen atoms in total. The molecular weight excluding hydrogens is 383 g/mol. The summed E-state index contributed by atoms with van der Waals surface area (Å²) in [7, 11) is 1.34. The maximum absolute atomic E-state index is 6.23. The van der Waals surface area contributed by atoms with Crippen molar-refractivity contribution in [3.63, 3.8) is 0 Å². The number of ether oxygens (including phenoxy) is 1. The maximum Gasteiger partial charge on any atom is 0.494 e. The molecule has 1 heterocycles. The Kier molecular flexibility index (Phi) is 6.21. The van der Waals surface area contributed by atoms with E-state index in [2.05, 4.69) is 92.0 Å². The lowest BCUT2D eigenvalue weighted by Crippen LogP contribution is -2.41. The number of hydrogen-bond donors (Lipinski definition) is 0. The molecule has 0 bridgehead atoms. The van der Waals surface area contributed by atoms with E-state index in [-0.39, 0.29) is 23.7 Å². The van der Waals surface area contributed by atoms with Gasteiger partial charge < -0.3 is 14.0 Å². The van der Waals surface area contributed by atoms with Crippen LogP contribution in [0.4, 0.5) is 0 Å². The van der Waals surface area contributed by atoms with Crippen molar-refractivity contribution in [1.82, 2.24) is 0 Å². The van der Waals surface area contributed by atoms with Crippen molar-refractivity contribution in [3.8, 4) is 0 Å². The standard InChI is InChI=1S/C27H37BO3/c1-18(15-24(19(2)29-10)25(3,4)5)20-11-12-22-17-23(14-13-21(22)16-20)28-30-26(6,7)27(8,9)31-28/h13-17H,1-2,11-12H2,3-10H3/b24-15+. The van der Waals surface area contributed by atoms with Gasteiger partial charge in [-0.2, -0.15) is 0 Å². The van der Waals surface area contributed by atoms with Crippen LogP contribution in [0.5, 0.6) is 0 Å². The molecule has 31 heavy (non-hydrogen) atoms. The largest absolute Gasteiger partial charge is 0.497 e. The van der Waals surface area contributed by atoms with E-state index in [0.29, 0.717) is 5.76 Å². The van der Waals surface area contributed by atoms with E-state index in [4.69, 9.17) is 14.0 Å². The van der Waals surface area contributed by atoms with Gasteiger partial charge >= 0.3 is 7.12 Å². The number of methoxy groups -OCH3 is 1. The van der Waals surface area contributed by atoms with Crippen LogP contribution in [0, 0.1) is 5.41 Å². The minimum Gasteiger partial charge on any atom is -0.497 e. The molecule has 1 aliphatic carbocycles. The molecule has 166 valence electrons. The summed E-state index contributed by atoms with van der Waals surface area (Å²) in [5.41, 5.74) is 6.25. The molecule has 0 amide bonds. The molecule has 0 aromatic heterocycles. The summed E-state index contributed by atoms with van der Waals surface area (Å²) in [6, 6.07) is 6.52. The minimum atomic E-state index is -0.332. The van der Waals surface area contributed by atoms with Crippen LogP contribution in [-0.2, 0) is 20.5 Å². The fourth-order valence-electron chi connectivity index (χ4n) is 3.98. The van der Waals surface area contributed by atoms with Gasteiger partial charge in [0.1, 0.15) is 5.76 Å². The van der Waals surface area contributed by atoms with Gasteiger partial charge in [-0.25, -0.2) is 0 Å². The molecule has 1 aromatic rings. The van der Waals surface area contributed by atoms with E-state index in [0.717, 1.165) is 29.5 Å². The zero-order chi connectivity index (χ0) is 23.2. The van der Waals surface area contributed by atoms with Gasteiger partial charge in [-0.05, 0) is 85.3 Å². The number of benzene rings is 1. The van der Waals surface area contributed by atoms with Crippen molar-refractivity contribution >= 4 is 18.7 Å². The highest BCUT2D eigenvalue weighted by molar-refractivity contribution is 6.62. The Labute approximate surface area is 189 Å². The van der Waals surface area contributed by atoms with E-state index in [1.807, 2.05) is 0 Å². The molecule has 0 unspecified atom stereocenters. The smallest absolute Gasteiger partial charge is 0.494 e. The summed E-state index contributed by atoms with van der Waals surface area (Å²) in [5, 5.41) is 0. The first kappa shape index (κ1) is 23.6. The van der Waals surface area contributed by atoms with Gasteiger partial charge in [0.15, 0.2) is 0 Å². The van der Waals surface area contributed by atoms with Crippen molar-refractivity contribution in [2.75, 3.05) is 7.11 Å². The van der Waals surface area contributed by atoms with Gasteiger partial charge in [-0.1, -0.05) is 58.2 Å². The molecule has 1 saturated heterocycles. The van der Waals surface area contributed by atoms with Gasteiger partial charge in [0, 0.05) is 0 Å². The van der Waals surface area contributed by atoms with Crippen LogP contribution in [0.15, 0.2) is 59.9 Å². The molecule has 0 atom stereocenters. The lowest BCUT2D eigenvalue weighted by atomic mass is 9.76. The summed E-state index contributed by atoms with van der Waals surface area (Å²) in [6.45, 7) is 23.3. The van der Waals surface area contributed by atoms with Crippen molar-refractivity contribution in [2.24, 2.45) is 5.41 Å². The lowest BCUT2D eigenvalue weighted by Gasteiger charge is -2.32. The third-order valence-corrected chi connectivity index (χ3v) is 6.77. The maximum atomic E-state index is 6.23. The van der Waals surface area contributed by atoms with Crippen molar-refractivity contribution in [2.45, 2.75) is 72.5 Å². The summed E-state index contributed by atoms with van der Waals surface area (Å²) in [6.07, 6.45) is 6.30. The van der Waals surface area contributed by atoms with Crippen molar-refractivity contribution < 1.29 is 14.0 Å². The predicted molar refractivity (Wildman–Crippen MR) is 131 cm³/mol. The molecule has 0 radical (unpaired) electrons. The number of aryl methyl sites for hydroxylation is 1. The lowest BCUT2D eigenvalue weighted by molar-refractivity contribution is 0.00578. The molecule has 1 aliphatic heterocycles. The Morgan fingerprint density at radius 1 is 1.06 bits per heavy atom. The number of rotatable bonds is 5. The molecule has 0 saturated carbocycles. The van der Waals surface area contributed by atoms with Gasteiger partial charge in [-0.15, -0.1) is 0 Å². The highest BCUT2D eigenvalue weighted by atomic mass is 16.7. The average molecular weight is 420 g/mol. The summed E-state index contributed by atoms with van der Waals surface area (Å²) >= 11 is 0.